The fourth-order valence-electron chi connectivity index (χ4n) is 2.91. The van der Waals surface area contributed by atoms with Crippen LogP contribution in [0.3, 0.4) is 0 Å². The first-order valence-electron chi connectivity index (χ1n) is 6.84. The molecule has 0 aromatic heterocycles. The number of likely N-dealkylation sites (tertiary alicyclic amines) is 1. The fourth-order valence-corrected chi connectivity index (χ4v) is 2.91. The maximum Gasteiger partial charge on any atom is 0.131 e. The van der Waals surface area contributed by atoms with Gasteiger partial charge in [0.2, 0.25) is 0 Å². The highest BCUT2D eigenvalue weighted by Gasteiger charge is 2.27. The Labute approximate surface area is 108 Å². The molecule has 2 rings (SSSR count). The van der Waals surface area contributed by atoms with Crippen molar-refractivity contribution >= 4 is 0 Å². The van der Waals surface area contributed by atoms with Crippen LogP contribution in [0.15, 0.2) is 18.2 Å². The Hall–Kier alpha value is -1.09. The molecule has 0 saturated carbocycles. The summed E-state index contributed by atoms with van der Waals surface area (Å²) in [5, 5.41) is 9.24. The van der Waals surface area contributed by atoms with Gasteiger partial charge in [-0.2, -0.15) is 0 Å². The Kier molecular flexibility index (Phi) is 4.23. The largest absolute Gasteiger partial charge is 0.508 e. The van der Waals surface area contributed by atoms with E-state index in [0.29, 0.717) is 5.56 Å². The summed E-state index contributed by atoms with van der Waals surface area (Å²) < 4.78 is 13.8. The van der Waals surface area contributed by atoms with Crippen LogP contribution < -0.4 is 0 Å². The van der Waals surface area contributed by atoms with Crippen molar-refractivity contribution in [3.63, 3.8) is 0 Å². The minimum Gasteiger partial charge on any atom is -0.508 e. The molecule has 1 aromatic carbocycles. The van der Waals surface area contributed by atoms with Gasteiger partial charge in [0, 0.05) is 24.2 Å². The number of nitrogens with zero attached hydrogens (tertiary/aromatic N) is 1. The Bertz CT molecular complexity index is 407. The predicted octanol–water partition coefficient (Wildman–Crippen LogP) is 3.71. The zero-order chi connectivity index (χ0) is 13.1. The van der Waals surface area contributed by atoms with Gasteiger partial charge in [-0.05, 0) is 38.3 Å². The maximum absolute atomic E-state index is 13.8. The summed E-state index contributed by atoms with van der Waals surface area (Å²) in [5.74, 6) is 0.452. The Morgan fingerprint density at radius 1 is 1.50 bits per heavy atom. The monoisotopic (exact) mass is 251 g/mol. The van der Waals surface area contributed by atoms with Gasteiger partial charge in [0.15, 0.2) is 0 Å². The summed E-state index contributed by atoms with van der Waals surface area (Å²) in [6.07, 6.45) is 3.71. The molecule has 2 unspecified atom stereocenters. The molecule has 18 heavy (non-hydrogen) atoms. The molecule has 0 bridgehead atoms. The molecule has 1 saturated heterocycles. The number of halogens is 1. The van der Waals surface area contributed by atoms with Crippen molar-refractivity contribution < 1.29 is 9.50 Å². The highest BCUT2D eigenvalue weighted by atomic mass is 19.1. The third kappa shape index (κ3) is 2.83. The summed E-state index contributed by atoms with van der Waals surface area (Å²) in [7, 11) is 0. The van der Waals surface area contributed by atoms with Gasteiger partial charge in [-0.25, -0.2) is 4.39 Å². The molecule has 3 heteroatoms. The van der Waals surface area contributed by atoms with Crippen molar-refractivity contribution in [1.82, 2.24) is 4.90 Å². The third-order valence-electron chi connectivity index (χ3n) is 4.00. The third-order valence-corrected chi connectivity index (χ3v) is 4.00. The zero-order valence-electron chi connectivity index (χ0n) is 11.2. The van der Waals surface area contributed by atoms with Crippen LogP contribution in [0.1, 0.15) is 44.7 Å². The predicted molar refractivity (Wildman–Crippen MR) is 71.1 cm³/mol. The van der Waals surface area contributed by atoms with Crippen LogP contribution in [0.4, 0.5) is 4.39 Å². The fraction of sp³-hybridized carbons (Fsp3) is 0.600. The number of rotatable bonds is 4. The molecular formula is C15H22FNO. The van der Waals surface area contributed by atoms with E-state index in [1.807, 2.05) is 6.92 Å². The molecule has 100 valence electrons. The molecule has 0 aliphatic carbocycles. The van der Waals surface area contributed by atoms with E-state index in [-0.39, 0.29) is 17.6 Å². The number of phenols is 1. The van der Waals surface area contributed by atoms with Gasteiger partial charge < -0.3 is 5.11 Å². The molecule has 2 nitrogen and oxygen atoms in total. The summed E-state index contributed by atoms with van der Waals surface area (Å²) in [6.45, 7) is 6.37. The van der Waals surface area contributed by atoms with E-state index in [0.717, 1.165) is 19.0 Å². The first-order valence-corrected chi connectivity index (χ1v) is 6.84. The smallest absolute Gasteiger partial charge is 0.131 e. The van der Waals surface area contributed by atoms with E-state index >= 15 is 0 Å². The van der Waals surface area contributed by atoms with Crippen molar-refractivity contribution in [1.29, 1.82) is 0 Å². The second kappa shape index (κ2) is 5.70. The van der Waals surface area contributed by atoms with E-state index in [1.165, 1.54) is 25.3 Å². The standard InChI is InChI=1S/C15H22FNO/c1-3-4-12-7-8-17(10-12)11(2)14-6-5-13(18)9-15(14)16/h5-6,9,11-12,18H,3-4,7-8,10H2,1-2H3. The molecule has 0 amide bonds. The average Bonchev–Trinajstić information content (AvgIpc) is 2.77. The molecule has 1 heterocycles. The Balaban J connectivity index is 2.05. The zero-order valence-corrected chi connectivity index (χ0v) is 11.2. The van der Waals surface area contributed by atoms with Crippen molar-refractivity contribution in [2.75, 3.05) is 13.1 Å². The first-order chi connectivity index (χ1) is 8.61. The minimum atomic E-state index is -0.304. The van der Waals surface area contributed by atoms with Gasteiger partial charge in [-0.1, -0.05) is 19.4 Å². The number of hydrogen-bond donors (Lipinski definition) is 1. The van der Waals surface area contributed by atoms with E-state index in [9.17, 15) is 9.50 Å². The summed E-state index contributed by atoms with van der Waals surface area (Å²) in [6, 6.07) is 4.55. The number of hydrogen-bond acceptors (Lipinski definition) is 2. The topological polar surface area (TPSA) is 23.5 Å². The lowest BCUT2D eigenvalue weighted by Gasteiger charge is -2.25. The van der Waals surface area contributed by atoms with Crippen LogP contribution in [-0.2, 0) is 0 Å². The van der Waals surface area contributed by atoms with Gasteiger partial charge in [0.1, 0.15) is 11.6 Å². The lowest BCUT2D eigenvalue weighted by molar-refractivity contribution is 0.245. The van der Waals surface area contributed by atoms with E-state index in [4.69, 9.17) is 0 Å². The average molecular weight is 251 g/mol. The van der Waals surface area contributed by atoms with Crippen LogP contribution in [0.2, 0.25) is 0 Å². The number of benzene rings is 1. The Morgan fingerprint density at radius 3 is 2.94 bits per heavy atom. The van der Waals surface area contributed by atoms with E-state index in [2.05, 4.69) is 11.8 Å². The number of phenolic OH excluding ortho intramolecular Hbond substituents is 1. The summed E-state index contributed by atoms with van der Waals surface area (Å²) >= 11 is 0. The van der Waals surface area contributed by atoms with Crippen molar-refractivity contribution in [3.05, 3.63) is 29.6 Å². The lowest BCUT2D eigenvalue weighted by atomic mass is 10.0. The summed E-state index contributed by atoms with van der Waals surface area (Å²) in [4.78, 5) is 2.34. The molecule has 2 atom stereocenters. The first kappa shape index (κ1) is 13.3. The van der Waals surface area contributed by atoms with Crippen LogP contribution in [0.5, 0.6) is 5.75 Å². The second-order valence-electron chi connectivity index (χ2n) is 5.32. The molecule has 0 spiro atoms. The SMILES string of the molecule is CCCC1CCN(C(C)c2ccc(O)cc2F)C1. The lowest BCUT2D eigenvalue weighted by Crippen LogP contribution is -2.25. The molecule has 1 N–H and O–H groups in total. The van der Waals surface area contributed by atoms with Gasteiger partial charge >= 0.3 is 0 Å². The van der Waals surface area contributed by atoms with Crippen LogP contribution in [-0.4, -0.2) is 23.1 Å². The van der Waals surface area contributed by atoms with Gasteiger partial charge in [0.25, 0.3) is 0 Å². The van der Waals surface area contributed by atoms with Gasteiger partial charge in [-0.15, -0.1) is 0 Å². The summed E-state index contributed by atoms with van der Waals surface area (Å²) in [5.41, 5.74) is 0.685. The van der Waals surface area contributed by atoms with Crippen molar-refractivity contribution in [2.24, 2.45) is 5.92 Å². The molecule has 1 fully saturated rings. The van der Waals surface area contributed by atoms with Crippen LogP contribution in [0, 0.1) is 11.7 Å². The van der Waals surface area contributed by atoms with E-state index < -0.39 is 0 Å². The van der Waals surface area contributed by atoms with Crippen molar-refractivity contribution in [3.8, 4) is 5.75 Å². The van der Waals surface area contributed by atoms with Gasteiger partial charge in [-0.3, -0.25) is 4.90 Å². The maximum atomic E-state index is 13.8. The van der Waals surface area contributed by atoms with Crippen LogP contribution >= 0.6 is 0 Å². The molecule has 1 aromatic rings. The quantitative estimate of drug-likeness (QED) is 0.881. The molecule has 1 aliphatic rings. The van der Waals surface area contributed by atoms with Crippen LogP contribution in [0.25, 0.3) is 0 Å². The molecule has 0 radical (unpaired) electrons. The molecular weight excluding hydrogens is 229 g/mol. The number of aromatic hydroxyl groups is 1. The minimum absolute atomic E-state index is 0.00580. The van der Waals surface area contributed by atoms with Gasteiger partial charge in [0.05, 0.1) is 0 Å². The molecule has 1 aliphatic heterocycles. The van der Waals surface area contributed by atoms with Crippen molar-refractivity contribution in [2.45, 2.75) is 39.2 Å². The second-order valence-corrected chi connectivity index (χ2v) is 5.32. The highest BCUT2D eigenvalue weighted by Crippen LogP contribution is 2.31. The normalized spacial score (nSPS) is 22.3. The Morgan fingerprint density at radius 2 is 2.28 bits per heavy atom. The van der Waals surface area contributed by atoms with E-state index in [1.54, 1.807) is 12.1 Å². The highest BCUT2D eigenvalue weighted by molar-refractivity contribution is 5.29.